The summed E-state index contributed by atoms with van der Waals surface area (Å²) in [6, 6.07) is 18.5. The minimum atomic E-state index is -5.18. The average Bonchev–Trinajstić information content (AvgIpc) is 3.19. The molecule has 8 N–H and O–H groups in total. The summed E-state index contributed by atoms with van der Waals surface area (Å²) in [5, 5.41) is 39.5. The summed E-state index contributed by atoms with van der Waals surface area (Å²) in [4.78, 5) is 2.86. The fraction of sp³-hybridized carbons (Fsp3) is 0.0811. The van der Waals surface area contributed by atoms with Crippen LogP contribution >= 0.6 is 0 Å². The lowest BCUT2D eigenvalue weighted by Crippen LogP contribution is -2.14. The van der Waals surface area contributed by atoms with Gasteiger partial charge in [-0.25, -0.2) is 5.06 Å². The summed E-state index contributed by atoms with van der Waals surface area (Å²) >= 11 is 0. The first-order valence-corrected chi connectivity index (χ1v) is 23.1. The van der Waals surface area contributed by atoms with E-state index in [-0.39, 0.29) is 45.3 Å². The summed E-state index contributed by atoms with van der Waals surface area (Å²) in [6.45, 7) is 0. The number of anilines is 3. The van der Waals surface area contributed by atoms with Gasteiger partial charge in [0, 0.05) is 23.3 Å². The molecule has 25 heteroatoms. The van der Waals surface area contributed by atoms with Crippen LogP contribution < -0.4 is 10.8 Å². The number of nitrogen functional groups attached to an aromatic ring is 1. The maximum absolute atomic E-state index is 12.4. The van der Waals surface area contributed by atoms with Crippen LogP contribution in [0, 0.1) is 0 Å². The summed E-state index contributed by atoms with van der Waals surface area (Å²) in [6.07, 6.45) is 0.717. The van der Waals surface area contributed by atoms with Gasteiger partial charge in [-0.15, -0.1) is 5.11 Å². The van der Waals surface area contributed by atoms with Crippen molar-refractivity contribution in [2.75, 3.05) is 17.9 Å². The van der Waals surface area contributed by atoms with E-state index in [9.17, 15) is 62.1 Å². The van der Waals surface area contributed by atoms with Gasteiger partial charge >= 0.3 is 0 Å². The molecule has 7 rings (SSSR count). The lowest BCUT2D eigenvalue weighted by molar-refractivity contribution is 0.201. The van der Waals surface area contributed by atoms with E-state index in [0.717, 1.165) is 24.3 Å². The fourth-order valence-electron chi connectivity index (χ4n) is 6.66. The number of azo groups is 2. The third-order valence-electron chi connectivity index (χ3n) is 9.55. The largest absolute Gasteiger partial charge is 0.507 e. The number of aromatic hydroxyl groups is 2. The van der Waals surface area contributed by atoms with Crippen LogP contribution in [0.15, 0.2) is 131 Å². The smallest absolute Gasteiger partial charge is 0.296 e. The molecule has 0 fully saturated rings. The molecule has 0 aliphatic heterocycles. The maximum Gasteiger partial charge on any atom is 0.296 e. The number of hydrogen-bond donors (Lipinski definition) is 7. The first-order valence-electron chi connectivity index (χ1n) is 17.3. The Bertz CT molecular complexity index is 3430. The van der Waals surface area contributed by atoms with E-state index < -0.39 is 83.6 Å². The van der Waals surface area contributed by atoms with Gasteiger partial charge in [0.2, 0.25) is 0 Å². The number of phenols is 2. The van der Waals surface area contributed by atoms with Gasteiger partial charge < -0.3 is 15.9 Å². The van der Waals surface area contributed by atoms with Crippen LogP contribution in [0.5, 0.6) is 11.5 Å². The second-order valence-electron chi connectivity index (χ2n) is 13.4. The number of benzene rings is 6. The van der Waals surface area contributed by atoms with Crippen LogP contribution in [-0.2, 0) is 58.2 Å². The van der Waals surface area contributed by atoms with Crippen LogP contribution in [0.1, 0.15) is 11.1 Å². The highest BCUT2D eigenvalue weighted by Crippen LogP contribution is 2.45. The van der Waals surface area contributed by atoms with Crippen LogP contribution in [0.3, 0.4) is 0 Å². The Kier molecular flexibility index (Phi) is 11.1. The van der Waals surface area contributed by atoms with Crippen LogP contribution in [0.4, 0.5) is 39.8 Å². The first-order chi connectivity index (χ1) is 28.9. The van der Waals surface area contributed by atoms with Gasteiger partial charge in [0.05, 0.1) is 51.0 Å². The van der Waals surface area contributed by atoms with Crippen molar-refractivity contribution in [2.24, 2.45) is 20.5 Å². The first kappa shape index (κ1) is 43.7. The molecular weight excluding hydrogens is 897 g/mol. The Hall–Kier alpha value is -6.42. The van der Waals surface area contributed by atoms with Gasteiger partial charge in [0.1, 0.15) is 21.2 Å². The quantitative estimate of drug-likeness (QED) is 0.0294. The molecular formula is C37H30N6O15S4. The number of nitrogens with two attached hydrogens (primary N) is 1. The molecule has 21 nitrogen and oxygen atoms in total. The zero-order chi connectivity index (χ0) is 45.1. The summed E-state index contributed by atoms with van der Waals surface area (Å²) in [5.74, 6) is -1.27. The minimum Gasteiger partial charge on any atom is -0.507 e. The number of fused-ring (bicyclic) bond motifs is 3. The van der Waals surface area contributed by atoms with Crippen LogP contribution in [-0.4, -0.2) is 69.2 Å². The molecule has 0 aromatic heterocycles. The van der Waals surface area contributed by atoms with Gasteiger partial charge in [0.15, 0.2) is 5.75 Å². The molecule has 62 heavy (non-hydrogen) atoms. The van der Waals surface area contributed by atoms with Crippen LogP contribution in [0.2, 0.25) is 0 Å². The molecule has 0 atom stereocenters. The lowest BCUT2D eigenvalue weighted by atomic mass is 9.93. The number of rotatable bonds is 11. The van der Waals surface area contributed by atoms with Crippen molar-refractivity contribution in [2.45, 2.75) is 27.5 Å². The highest BCUT2D eigenvalue weighted by atomic mass is 32.2. The van der Waals surface area contributed by atoms with E-state index in [4.69, 9.17) is 10.6 Å². The second kappa shape index (κ2) is 15.8. The molecule has 1 aliphatic carbocycles. The third kappa shape index (κ3) is 8.69. The molecule has 0 amide bonds. The summed E-state index contributed by atoms with van der Waals surface area (Å²) in [7, 11) is -18.0. The number of nitrogens with zero attached hydrogens (tertiary/aromatic N) is 5. The van der Waals surface area contributed by atoms with E-state index in [1.807, 2.05) is 0 Å². The predicted octanol–water partition coefficient (Wildman–Crippen LogP) is 7.13. The van der Waals surface area contributed by atoms with Gasteiger partial charge in [-0.2, -0.15) is 49.0 Å². The van der Waals surface area contributed by atoms with E-state index in [1.165, 1.54) is 48.6 Å². The molecule has 6 aromatic rings. The SMILES string of the molecule is CON(c1ccc(N=Nc2ccc(N=Nc3c(S(=O)(=O)O)cc4cc(S(=O)(=O)O)c(N)cc4c3O)c3c2CC=C(S(=O)(=O)O)C3)cc1)c1ccc2c(O)cc(S(=O)(=O)O)cc2c1. The Labute approximate surface area is 351 Å². The van der Waals surface area contributed by atoms with Gasteiger partial charge in [0.25, 0.3) is 40.5 Å². The molecule has 0 spiro atoms. The number of allylic oxidation sites excluding steroid dienone is 2. The fourth-order valence-corrected chi connectivity index (χ4v) is 9.11. The monoisotopic (exact) mass is 926 g/mol. The van der Waals surface area contributed by atoms with E-state index in [2.05, 4.69) is 20.5 Å². The molecule has 0 saturated carbocycles. The van der Waals surface area contributed by atoms with Crippen molar-refractivity contribution >= 4 is 102 Å². The normalized spacial score (nSPS) is 13.9. The van der Waals surface area contributed by atoms with Gasteiger partial charge in [-0.3, -0.25) is 23.0 Å². The average molecular weight is 927 g/mol. The Morgan fingerprint density at radius 3 is 1.82 bits per heavy atom. The Balaban J connectivity index is 1.23. The zero-order valence-corrected chi connectivity index (χ0v) is 34.6. The molecule has 322 valence electrons. The summed E-state index contributed by atoms with van der Waals surface area (Å²) in [5.41, 5.74) is 6.38. The van der Waals surface area contributed by atoms with Crippen molar-refractivity contribution < 1.29 is 66.9 Å². The highest BCUT2D eigenvalue weighted by molar-refractivity contribution is 7.89. The number of phenolic OH excluding ortho intramolecular Hbond substituents is 2. The Morgan fingerprint density at radius 1 is 0.613 bits per heavy atom. The molecule has 0 saturated heterocycles. The van der Waals surface area contributed by atoms with Crippen molar-refractivity contribution in [1.82, 2.24) is 0 Å². The van der Waals surface area contributed by atoms with Crippen molar-refractivity contribution in [1.29, 1.82) is 0 Å². The molecule has 0 unspecified atom stereocenters. The minimum absolute atomic E-state index is 0.0719. The molecule has 6 aromatic carbocycles. The molecule has 0 bridgehead atoms. The van der Waals surface area contributed by atoms with Crippen LogP contribution in [0.25, 0.3) is 21.5 Å². The van der Waals surface area contributed by atoms with E-state index in [1.54, 1.807) is 30.3 Å². The topological polar surface area (TPSA) is 346 Å². The molecule has 0 heterocycles. The van der Waals surface area contributed by atoms with E-state index in [0.29, 0.717) is 28.0 Å². The number of hydrogen-bond acceptors (Lipinski definition) is 17. The highest BCUT2D eigenvalue weighted by Gasteiger charge is 2.27. The predicted molar refractivity (Wildman–Crippen MR) is 223 cm³/mol. The molecule has 1 aliphatic rings. The van der Waals surface area contributed by atoms with E-state index >= 15 is 0 Å². The molecule has 0 radical (unpaired) electrons. The van der Waals surface area contributed by atoms with Crippen molar-refractivity contribution in [3.8, 4) is 11.5 Å². The van der Waals surface area contributed by atoms with Crippen molar-refractivity contribution in [3.63, 3.8) is 0 Å². The lowest BCUT2D eigenvalue weighted by Gasteiger charge is -2.22. The third-order valence-corrected chi connectivity index (χ3v) is 13.1. The van der Waals surface area contributed by atoms with Gasteiger partial charge in [-0.1, -0.05) is 6.08 Å². The van der Waals surface area contributed by atoms with Crippen molar-refractivity contribution in [3.05, 3.63) is 107 Å². The zero-order valence-electron chi connectivity index (χ0n) is 31.4. The summed E-state index contributed by atoms with van der Waals surface area (Å²) < 4.78 is 135. The Morgan fingerprint density at radius 2 is 1.21 bits per heavy atom. The van der Waals surface area contributed by atoms with Gasteiger partial charge in [-0.05, 0) is 107 Å². The maximum atomic E-state index is 12.4. The second-order valence-corrected chi connectivity index (χ2v) is 19.1. The standard InChI is InChI=1S/C37H30N6O15S4/c1-58-43(23-6-8-26-19(12-23)13-25(17-33(26)44)60(49,50)51)22-4-2-21(3-5-22)39-40-31-10-11-32(29-16-24(59(46,47)48)7-9-27(29)31)41-42-36-35(62(55,56)57)15-20-14-34(61(52,53)54)30(38)18-28(20)37(36)45/h2-8,10-15,17-18,44-45H,9,16,38H2,1H3,(H,46,47,48)(H,49,50,51)(H,52,53,54)(H,55,56,57).